The van der Waals surface area contributed by atoms with Crippen LogP contribution in [0.1, 0.15) is 42.7 Å². The van der Waals surface area contributed by atoms with E-state index >= 15 is 0 Å². The van der Waals surface area contributed by atoms with E-state index in [4.69, 9.17) is 14.2 Å². The molecular formula is C24H31NO4. The van der Waals surface area contributed by atoms with Gasteiger partial charge in [0.2, 0.25) is 11.7 Å². The van der Waals surface area contributed by atoms with Gasteiger partial charge in [0, 0.05) is 13.1 Å². The lowest BCUT2D eigenvalue weighted by molar-refractivity contribution is -0.131. The summed E-state index contributed by atoms with van der Waals surface area (Å²) in [6.07, 6.45) is 4.63. The van der Waals surface area contributed by atoms with Crippen molar-refractivity contribution in [2.75, 3.05) is 28.4 Å². The highest BCUT2D eigenvalue weighted by molar-refractivity contribution is 5.79. The van der Waals surface area contributed by atoms with Crippen LogP contribution in [0.4, 0.5) is 0 Å². The van der Waals surface area contributed by atoms with Crippen LogP contribution in [0.2, 0.25) is 0 Å². The summed E-state index contributed by atoms with van der Waals surface area (Å²) in [5, 5.41) is 0. The maximum absolute atomic E-state index is 12.9. The fourth-order valence-electron chi connectivity index (χ4n) is 4.26. The topological polar surface area (TPSA) is 48.0 Å². The minimum Gasteiger partial charge on any atom is -0.493 e. The van der Waals surface area contributed by atoms with Crippen LogP contribution >= 0.6 is 0 Å². The number of carbonyl (C=O) groups is 1. The number of hydrogen-bond acceptors (Lipinski definition) is 4. The molecule has 0 spiro atoms. The van der Waals surface area contributed by atoms with E-state index in [0.717, 1.165) is 31.2 Å². The lowest BCUT2D eigenvalue weighted by atomic mass is 9.81. The SMILES string of the molecule is COc1cc(CC(=O)N(C)C2CCC(c3ccccc3)CC2)cc(OC)c1OC. The van der Waals surface area contributed by atoms with Gasteiger partial charge in [-0.25, -0.2) is 0 Å². The number of benzene rings is 2. The maximum Gasteiger partial charge on any atom is 0.226 e. The van der Waals surface area contributed by atoms with Gasteiger partial charge in [0.15, 0.2) is 11.5 Å². The standard InChI is InChI=1S/C24H31NO4/c1-25(20-12-10-19(11-13-20)18-8-6-5-7-9-18)23(26)16-17-14-21(27-2)24(29-4)22(15-17)28-3/h5-9,14-15,19-20H,10-13,16H2,1-4H3. The number of methoxy groups -OCH3 is 3. The van der Waals surface area contributed by atoms with Crippen molar-refractivity contribution in [2.45, 2.75) is 44.1 Å². The summed E-state index contributed by atoms with van der Waals surface area (Å²) in [5.74, 6) is 2.40. The Balaban J connectivity index is 1.63. The third-order valence-corrected chi connectivity index (χ3v) is 5.99. The smallest absolute Gasteiger partial charge is 0.226 e. The highest BCUT2D eigenvalue weighted by Crippen LogP contribution is 2.39. The molecule has 1 aliphatic rings. The highest BCUT2D eigenvalue weighted by atomic mass is 16.5. The van der Waals surface area contributed by atoms with Crippen LogP contribution in [0.25, 0.3) is 0 Å². The molecule has 0 bridgehead atoms. The molecule has 1 aliphatic carbocycles. The van der Waals surface area contributed by atoms with Gasteiger partial charge in [0.1, 0.15) is 0 Å². The van der Waals surface area contributed by atoms with Gasteiger partial charge >= 0.3 is 0 Å². The Morgan fingerprint density at radius 1 is 0.931 bits per heavy atom. The number of amides is 1. The first-order chi connectivity index (χ1) is 14.1. The summed E-state index contributed by atoms with van der Waals surface area (Å²) in [5.41, 5.74) is 2.27. The molecular weight excluding hydrogens is 366 g/mol. The molecule has 0 heterocycles. The minimum absolute atomic E-state index is 0.113. The molecule has 0 aliphatic heterocycles. The van der Waals surface area contributed by atoms with E-state index in [9.17, 15) is 4.79 Å². The summed E-state index contributed by atoms with van der Waals surface area (Å²) >= 11 is 0. The Hall–Kier alpha value is -2.69. The summed E-state index contributed by atoms with van der Waals surface area (Å²) in [6, 6.07) is 14.7. The van der Waals surface area contributed by atoms with Gasteiger partial charge in [-0.05, 0) is 54.9 Å². The molecule has 0 N–H and O–H groups in total. The molecule has 0 saturated heterocycles. The monoisotopic (exact) mass is 397 g/mol. The average molecular weight is 398 g/mol. The van der Waals surface area contributed by atoms with Gasteiger partial charge < -0.3 is 19.1 Å². The second-order valence-corrected chi connectivity index (χ2v) is 7.63. The van der Waals surface area contributed by atoms with Crippen LogP contribution in [0.5, 0.6) is 17.2 Å². The van der Waals surface area contributed by atoms with Gasteiger partial charge in [0.25, 0.3) is 0 Å². The fraction of sp³-hybridized carbons (Fsp3) is 0.458. The van der Waals surface area contributed by atoms with E-state index in [1.165, 1.54) is 5.56 Å². The zero-order chi connectivity index (χ0) is 20.8. The van der Waals surface area contributed by atoms with Gasteiger partial charge in [-0.3, -0.25) is 4.79 Å². The quantitative estimate of drug-likeness (QED) is 0.693. The van der Waals surface area contributed by atoms with E-state index in [1.54, 1.807) is 21.3 Å². The Morgan fingerprint density at radius 2 is 1.52 bits per heavy atom. The van der Waals surface area contributed by atoms with Crippen molar-refractivity contribution in [2.24, 2.45) is 0 Å². The van der Waals surface area contributed by atoms with Crippen LogP contribution in [-0.4, -0.2) is 45.2 Å². The molecule has 0 unspecified atom stereocenters. The summed E-state index contributed by atoms with van der Waals surface area (Å²) in [4.78, 5) is 14.9. The van der Waals surface area contributed by atoms with Gasteiger partial charge in [-0.15, -0.1) is 0 Å². The molecule has 29 heavy (non-hydrogen) atoms. The number of likely N-dealkylation sites (N-methyl/N-ethyl adjacent to an activating group) is 1. The van der Waals surface area contributed by atoms with Crippen LogP contribution in [0.15, 0.2) is 42.5 Å². The van der Waals surface area contributed by atoms with Crippen molar-refractivity contribution < 1.29 is 19.0 Å². The first-order valence-electron chi connectivity index (χ1n) is 10.2. The molecule has 0 aromatic heterocycles. The third kappa shape index (κ3) is 4.84. The molecule has 1 amide bonds. The van der Waals surface area contributed by atoms with Gasteiger partial charge in [-0.2, -0.15) is 0 Å². The zero-order valence-corrected chi connectivity index (χ0v) is 17.8. The van der Waals surface area contributed by atoms with Gasteiger partial charge in [0.05, 0.1) is 27.8 Å². The highest BCUT2D eigenvalue weighted by Gasteiger charge is 2.27. The summed E-state index contributed by atoms with van der Waals surface area (Å²) < 4.78 is 16.2. The largest absolute Gasteiger partial charge is 0.493 e. The molecule has 5 nitrogen and oxygen atoms in total. The normalized spacial score (nSPS) is 18.8. The number of hydrogen-bond donors (Lipinski definition) is 0. The van der Waals surface area contributed by atoms with E-state index in [2.05, 4.69) is 30.3 Å². The summed E-state index contributed by atoms with van der Waals surface area (Å²) in [7, 11) is 6.67. The lowest BCUT2D eigenvalue weighted by Gasteiger charge is -2.35. The number of nitrogens with zero attached hydrogens (tertiary/aromatic N) is 1. The molecule has 3 rings (SSSR count). The van der Waals surface area contributed by atoms with E-state index < -0.39 is 0 Å². The van der Waals surface area contributed by atoms with Crippen molar-refractivity contribution in [3.05, 3.63) is 53.6 Å². The Morgan fingerprint density at radius 3 is 2.03 bits per heavy atom. The van der Waals surface area contributed by atoms with Crippen LogP contribution < -0.4 is 14.2 Å². The molecule has 2 aromatic rings. The minimum atomic E-state index is 0.113. The predicted molar refractivity (Wildman–Crippen MR) is 114 cm³/mol. The van der Waals surface area contributed by atoms with Crippen LogP contribution in [-0.2, 0) is 11.2 Å². The molecule has 1 saturated carbocycles. The molecule has 0 atom stereocenters. The fourth-order valence-corrected chi connectivity index (χ4v) is 4.26. The molecule has 2 aromatic carbocycles. The van der Waals surface area contributed by atoms with Crippen molar-refractivity contribution in [3.8, 4) is 17.2 Å². The van der Waals surface area contributed by atoms with Crippen molar-refractivity contribution in [1.29, 1.82) is 0 Å². The van der Waals surface area contributed by atoms with E-state index in [-0.39, 0.29) is 5.91 Å². The number of carbonyl (C=O) groups excluding carboxylic acids is 1. The summed E-state index contributed by atoms with van der Waals surface area (Å²) in [6.45, 7) is 0. The zero-order valence-electron chi connectivity index (χ0n) is 17.8. The predicted octanol–water partition coefficient (Wildman–Crippen LogP) is 4.44. The molecule has 156 valence electrons. The Kier molecular flexibility index (Phi) is 7.02. The maximum atomic E-state index is 12.9. The number of ether oxygens (including phenoxy) is 3. The number of rotatable bonds is 7. The van der Waals surface area contributed by atoms with E-state index in [1.807, 2.05) is 24.1 Å². The van der Waals surface area contributed by atoms with Crippen molar-refractivity contribution in [1.82, 2.24) is 4.90 Å². The van der Waals surface area contributed by atoms with E-state index in [0.29, 0.717) is 35.6 Å². The molecule has 5 heteroatoms. The first-order valence-corrected chi connectivity index (χ1v) is 10.2. The molecule has 0 radical (unpaired) electrons. The van der Waals surface area contributed by atoms with Crippen LogP contribution in [0, 0.1) is 0 Å². The Labute approximate surface area is 173 Å². The van der Waals surface area contributed by atoms with Crippen molar-refractivity contribution >= 4 is 5.91 Å². The van der Waals surface area contributed by atoms with Gasteiger partial charge in [-0.1, -0.05) is 30.3 Å². The first kappa shape index (κ1) is 21.0. The lowest BCUT2D eigenvalue weighted by Crippen LogP contribution is -2.40. The second kappa shape index (κ2) is 9.68. The van der Waals surface area contributed by atoms with Crippen LogP contribution in [0.3, 0.4) is 0 Å². The second-order valence-electron chi connectivity index (χ2n) is 7.63. The van der Waals surface area contributed by atoms with Crippen molar-refractivity contribution in [3.63, 3.8) is 0 Å². The third-order valence-electron chi connectivity index (χ3n) is 5.99. The average Bonchev–Trinajstić information content (AvgIpc) is 2.78. The molecule has 1 fully saturated rings. The Bertz CT molecular complexity index is 788.